The molecule has 0 saturated carbocycles. The van der Waals surface area contributed by atoms with Crippen molar-refractivity contribution in [1.29, 1.82) is 0 Å². The summed E-state index contributed by atoms with van der Waals surface area (Å²) in [5.74, 6) is -4.31. The first-order chi connectivity index (χ1) is 14.0. The highest BCUT2D eigenvalue weighted by Gasteiger charge is 2.72. The van der Waals surface area contributed by atoms with Crippen molar-refractivity contribution in [3.63, 3.8) is 0 Å². The molecule has 7 atom stereocenters. The molecule has 4 aliphatic rings. The Balaban J connectivity index is 1.79. The summed E-state index contributed by atoms with van der Waals surface area (Å²) < 4.78 is 17.3. The van der Waals surface area contributed by atoms with Crippen LogP contribution in [-0.4, -0.2) is 34.4 Å². The molecule has 2 saturated heterocycles. The third-order valence-corrected chi connectivity index (χ3v) is 7.41. The first kappa shape index (κ1) is 21.3. The van der Waals surface area contributed by atoms with Gasteiger partial charge in [0.05, 0.1) is 11.3 Å². The van der Waals surface area contributed by atoms with Crippen LogP contribution < -0.4 is 0 Å². The quantitative estimate of drug-likeness (QED) is 0.681. The second-order valence-electron chi connectivity index (χ2n) is 8.89. The fourth-order valence-electron chi connectivity index (χ4n) is 4.77. The fourth-order valence-corrected chi connectivity index (χ4v) is 5.12. The Labute approximate surface area is 181 Å². The van der Waals surface area contributed by atoms with Crippen molar-refractivity contribution in [2.45, 2.75) is 58.5 Å². The number of ketones is 1. The maximum Gasteiger partial charge on any atom is 0.315 e. The SMILES string of the molecule is CC[C@H](C)C=CC1=CC2=C(Cl)C(=O)[C@@]3(C)O[C@]4(O)[C@H](C(=O)O[C@@H](C)[C@@H]4C)[C@H]3C2=CO1. The molecular weight excluding hydrogens is 408 g/mol. The monoisotopic (exact) mass is 434 g/mol. The number of carbonyl (C=O) groups excluding carboxylic acids is 2. The lowest BCUT2D eigenvalue weighted by atomic mass is 9.65. The second kappa shape index (κ2) is 7.08. The number of allylic oxidation sites excluding steroid dienone is 4. The number of aliphatic hydroxyl groups is 1. The van der Waals surface area contributed by atoms with E-state index >= 15 is 0 Å². The molecule has 30 heavy (non-hydrogen) atoms. The first-order valence-electron chi connectivity index (χ1n) is 10.4. The van der Waals surface area contributed by atoms with E-state index < -0.39 is 47.0 Å². The zero-order valence-corrected chi connectivity index (χ0v) is 18.5. The Hall–Kier alpha value is -1.89. The zero-order valence-electron chi connectivity index (χ0n) is 17.8. The van der Waals surface area contributed by atoms with E-state index in [-0.39, 0.29) is 5.03 Å². The number of carbonyl (C=O) groups is 2. The van der Waals surface area contributed by atoms with E-state index in [1.54, 1.807) is 26.8 Å². The Bertz CT molecular complexity index is 930. The number of esters is 1. The lowest BCUT2D eigenvalue weighted by Crippen LogP contribution is -2.56. The molecule has 6 nitrogen and oxygen atoms in total. The van der Waals surface area contributed by atoms with Crippen molar-refractivity contribution >= 4 is 23.4 Å². The molecule has 162 valence electrons. The number of rotatable bonds is 3. The third-order valence-electron chi connectivity index (χ3n) is 7.03. The topological polar surface area (TPSA) is 82.1 Å². The Morgan fingerprint density at radius 1 is 1.30 bits per heavy atom. The molecule has 0 spiro atoms. The summed E-state index contributed by atoms with van der Waals surface area (Å²) in [6, 6.07) is 0. The van der Waals surface area contributed by atoms with Crippen LogP contribution in [0, 0.1) is 23.7 Å². The number of Topliss-reactive ketones (excluding diaryl/α,β-unsaturated/α-hetero) is 1. The van der Waals surface area contributed by atoms with E-state index in [2.05, 4.69) is 13.8 Å². The van der Waals surface area contributed by atoms with Gasteiger partial charge in [0.2, 0.25) is 5.78 Å². The van der Waals surface area contributed by atoms with Crippen molar-refractivity contribution in [2.75, 3.05) is 0 Å². The largest absolute Gasteiger partial charge is 0.465 e. The van der Waals surface area contributed by atoms with E-state index in [9.17, 15) is 14.7 Å². The van der Waals surface area contributed by atoms with Gasteiger partial charge < -0.3 is 19.3 Å². The average Bonchev–Trinajstić information content (AvgIpc) is 2.98. The molecule has 0 aromatic heterocycles. The van der Waals surface area contributed by atoms with Gasteiger partial charge in [-0.2, -0.15) is 0 Å². The summed E-state index contributed by atoms with van der Waals surface area (Å²) in [6.07, 6.45) is 7.52. The summed E-state index contributed by atoms with van der Waals surface area (Å²) in [4.78, 5) is 26.1. The Kier molecular flexibility index (Phi) is 5.03. The normalized spacial score (nSPS) is 41.4. The van der Waals surface area contributed by atoms with Crippen LogP contribution >= 0.6 is 11.6 Å². The summed E-state index contributed by atoms with van der Waals surface area (Å²) in [5.41, 5.74) is -0.446. The summed E-state index contributed by atoms with van der Waals surface area (Å²) in [6.45, 7) is 9.20. The maximum atomic E-state index is 13.3. The predicted molar refractivity (Wildman–Crippen MR) is 110 cm³/mol. The standard InChI is InChI=1S/C23H27ClO6/c1-6-11(2)7-8-14-9-15-16(10-28-14)17-18-21(26)29-13(4)12(3)23(18,27)30-22(17,5)20(25)19(15)24/h7-13,17-18,27H,6H2,1-5H3/t11-,12-,13-,17+,18-,22-,23-/m0/s1. The lowest BCUT2D eigenvalue weighted by Gasteiger charge is -2.42. The van der Waals surface area contributed by atoms with Gasteiger partial charge >= 0.3 is 5.97 Å². The molecular formula is C23H27ClO6. The smallest absolute Gasteiger partial charge is 0.315 e. The van der Waals surface area contributed by atoms with Gasteiger partial charge in [-0.15, -0.1) is 0 Å². The predicted octanol–water partition coefficient (Wildman–Crippen LogP) is 3.75. The number of halogens is 1. The summed E-state index contributed by atoms with van der Waals surface area (Å²) in [7, 11) is 0. The molecule has 2 fully saturated rings. The fraction of sp³-hybridized carbons (Fsp3) is 0.565. The minimum Gasteiger partial charge on any atom is -0.465 e. The summed E-state index contributed by atoms with van der Waals surface area (Å²) in [5, 5.41) is 11.4. The van der Waals surface area contributed by atoms with Gasteiger partial charge in [0, 0.05) is 23.0 Å². The minimum atomic E-state index is -1.84. The minimum absolute atomic E-state index is 0.00839. The van der Waals surface area contributed by atoms with Crippen molar-refractivity contribution in [3.05, 3.63) is 46.4 Å². The van der Waals surface area contributed by atoms with Gasteiger partial charge in [-0.1, -0.05) is 44.9 Å². The number of fused-ring (bicyclic) bond motifs is 5. The van der Waals surface area contributed by atoms with E-state index in [1.807, 2.05) is 12.2 Å². The van der Waals surface area contributed by atoms with Gasteiger partial charge in [-0.25, -0.2) is 0 Å². The van der Waals surface area contributed by atoms with Crippen molar-refractivity contribution < 1.29 is 28.9 Å². The van der Waals surface area contributed by atoms with Crippen LogP contribution in [0.1, 0.15) is 41.0 Å². The van der Waals surface area contributed by atoms with Gasteiger partial charge in [-0.05, 0) is 31.9 Å². The lowest BCUT2D eigenvalue weighted by molar-refractivity contribution is -0.286. The van der Waals surface area contributed by atoms with Gasteiger partial charge in [0.15, 0.2) is 5.79 Å². The number of ether oxygens (including phenoxy) is 3. The molecule has 3 aliphatic heterocycles. The highest BCUT2D eigenvalue weighted by atomic mass is 35.5. The second-order valence-corrected chi connectivity index (χ2v) is 9.26. The van der Waals surface area contributed by atoms with Crippen molar-refractivity contribution in [3.8, 4) is 0 Å². The maximum absolute atomic E-state index is 13.3. The van der Waals surface area contributed by atoms with Gasteiger partial charge in [-0.3, -0.25) is 9.59 Å². The Morgan fingerprint density at radius 3 is 2.67 bits per heavy atom. The molecule has 1 N–H and O–H groups in total. The van der Waals surface area contributed by atoms with Crippen LogP contribution in [0.3, 0.4) is 0 Å². The van der Waals surface area contributed by atoms with E-state index in [0.717, 1.165) is 6.42 Å². The molecule has 4 rings (SSSR count). The van der Waals surface area contributed by atoms with Crippen LogP contribution in [0.25, 0.3) is 0 Å². The molecule has 0 unspecified atom stereocenters. The molecule has 0 amide bonds. The molecule has 3 heterocycles. The summed E-state index contributed by atoms with van der Waals surface area (Å²) >= 11 is 6.48. The molecule has 0 radical (unpaired) electrons. The van der Waals surface area contributed by atoms with Crippen molar-refractivity contribution in [2.24, 2.45) is 23.7 Å². The van der Waals surface area contributed by atoms with Crippen molar-refractivity contribution in [1.82, 2.24) is 0 Å². The molecule has 1 aliphatic carbocycles. The van der Waals surface area contributed by atoms with E-state index in [1.165, 1.54) is 6.26 Å². The average molecular weight is 435 g/mol. The number of cyclic esters (lactones) is 1. The number of hydrogen-bond acceptors (Lipinski definition) is 6. The van der Waals surface area contributed by atoms with Gasteiger partial charge in [0.1, 0.15) is 23.4 Å². The third kappa shape index (κ3) is 2.84. The van der Waals surface area contributed by atoms with Crippen LogP contribution in [0.4, 0.5) is 0 Å². The van der Waals surface area contributed by atoms with Gasteiger partial charge in [0.25, 0.3) is 0 Å². The van der Waals surface area contributed by atoms with Crippen LogP contribution in [0.15, 0.2) is 46.4 Å². The highest BCUT2D eigenvalue weighted by Crippen LogP contribution is 2.60. The number of hydrogen-bond donors (Lipinski definition) is 1. The molecule has 0 aromatic rings. The van der Waals surface area contributed by atoms with Crippen LogP contribution in [0.2, 0.25) is 0 Å². The zero-order chi connectivity index (χ0) is 22.0. The highest BCUT2D eigenvalue weighted by molar-refractivity contribution is 6.45. The molecule has 0 aromatic carbocycles. The van der Waals surface area contributed by atoms with Crippen LogP contribution in [-0.2, 0) is 23.8 Å². The van der Waals surface area contributed by atoms with E-state index in [4.69, 9.17) is 25.8 Å². The van der Waals surface area contributed by atoms with E-state index in [0.29, 0.717) is 22.8 Å². The molecule has 7 heteroatoms. The first-order valence-corrected chi connectivity index (χ1v) is 10.8. The molecule has 0 bridgehead atoms. The Morgan fingerprint density at radius 2 is 2.00 bits per heavy atom. The van der Waals surface area contributed by atoms with Crippen LogP contribution in [0.5, 0.6) is 0 Å².